The van der Waals surface area contributed by atoms with Gasteiger partial charge < -0.3 is 4.90 Å². The van der Waals surface area contributed by atoms with E-state index in [1.807, 2.05) is 0 Å². The first-order valence-electron chi connectivity index (χ1n) is 9.41. The Kier molecular flexibility index (Phi) is 7.10. The number of likely N-dealkylation sites (tertiary alicyclic amines) is 2. The van der Waals surface area contributed by atoms with Gasteiger partial charge in [-0.05, 0) is 69.1 Å². The fraction of sp³-hybridized carbons (Fsp3) is 1.00. The summed E-state index contributed by atoms with van der Waals surface area (Å²) in [5.41, 5.74) is 0.505. The average molecular weight is 327 g/mol. The molecule has 0 aliphatic carbocycles. The minimum absolute atomic E-state index is 0.505. The molecule has 3 heteroatoms. The molecule has 0 N–H and O–H groups in total. The lowest BCUT2D eigenvalue weighted by molar-refractivity contribution is 0.0873. The van der Waals surface area contributed by atoms with Crippen molar-refractivity contribution in [2.24, 2.45) is 17.3 Å². The van der Waals surface area contributed by atoms with Crippen molar-refractivity contribution in [2.75, 3.05) is 38.6 Å². The van der Waals surface area contributed by atoms with Gasteiger partial charge >= 0.3 is 0 Å². The number of nitrogens with zero attached hydrogens (tertiary/aromatic N) is 2. The largest absolute Gasteiger partial charge is 0.303 e. The summed E-state index contributed by atoms with van der Waals surface area (Å²) in [6, 6.07) is 0. The highest BCUT2D eigenvalue weighted by Gasteiger charge is 2.30. The highest BCUT2D eigenvalue weighted by molar-refractivity contribution is 7.99. The molecule has 0 unspecified atom stereocenters. The Morgan fingerprint density at radius 2 is 1.45 bits per heavy atom. The molecule has 2 aliphatic rings. The van der Waals surface area contributed by atoms with Gasteiger partial charge in [-0.2, -0.15) is 0 Å². The first kappa shape index (κ1) is 18.6. The third-order valence-corrected chi connectivity index (χ3v) is 6.81. The molecule has 0 amide bonds. The SMILES string of the molecule is CC(C)SCN1CCC(CN2CCC(C(C)(C)C)CC2)CC1. The number of piperidine rings is 2. The molecule has 2 heterocycles. The van der Waals surface area contributed by atoms with Gasteiger partial charge in [0.15, 0.2) is 0 Å². The van der Waals surface area contributed by atoms with Gasteiger partial charge in [0.05, 0.1) is 0 Å². The Bertz CT molecular complexity index is 308. The Balaban J connectivity index is 1.63. The summed E-state index contributed by atoms with van der Waals surface area (Å²) in [6.45, 7) is 18.5. The van der Waals surface area contributed by atoms with Crippen molar-refractivity contribution in [3.63, 3.8) is 0 Å². The van der Waals surface area contributed by atoms with Crippen LogP contribution in [0.4, 0.5) is 0 Å². The molecule has 0 atom stereocenters. The Hall–Kier alpha value is 0.270. The number of hydrogen-bond donors (Lipinski definition) is 0. The summed E-state index contributed by atoms with van der Waals surface area (Å²) in [7, 11) is 0. The quantitative estimate of drug-likeness (QED) is 0.731. The van der Waals surface area contributed by atoms with Crippen LogP contribution in [0.1, 0.15) is 60.3 Å². The fourth-order valence-electron chi connectivity index (χ4n) is 3.90. The van der Waals surface area contributed by atoms with Crippen LogP contribution in [0.3, 0.4) is 0 Å². The lowest BCUT2D eigenvalue weighted by Crippen LogP contribution is -2.43. The van der Waals surface area contributed by atoms with E-state index in [1.54, 1.807) is 0 Å². The van der Waals surface area contributed by atoms with Crippen LogP contribution in [0.25, 0.3) is 0 Å². The maximum absolute atomic E-state index is 2.76. The van der Waals surface area contributed by atoms with E-state index in [0.717, 1.165) is 17.1 Å². The Morgan fingerprint density at radius 3 is 1.95 bits per heavy atom. The predicted molar refractivity (Wildman–Crippen MR) is 101 cm³/mol. The highest BCUT2D eigenvalue weighted by atomic mass is 32.2. The molecular formula is C19H38N2S. The fourth-order valence-corrected chi connectivity index (χ4v) is 4.67. The van der Waals surface area contributed by atoms with E-state index in [4.69, 9.17) is 0 Å². The summed E-state index contributed by atoms with van der Waals surface area (Å²) in [4.78, 5) is 5.42. The van der Waals surface area contributed by atoms with Gasteiger partial charge in [0, 0.05) is 17.7 Å². The topological polar surface area (TPSA) is 6.48 Å². The Labute approximate surface area is 143 Å². The molecule has 0 aromatic heterocycles. The second-order valence-corrected chi connectivity index (χ2v) is 10.4. The van der Waals surface area contributed by atoms with Gasteiger partial charge in [-0.25, -0.2) is 0 Å². The molecule has 0 saturated carbocycles. The van der Waals surface area contributed by atoms with Crippen LogP contribution >= 0.6 is 11.8 Å². The standard InChI is InChI=1S/C19H38N2S/c1-16(2)22-15-21-10-6-17(7-11-21)14-20-12-8-18(9-13-20)19(3,4)5/h16-18H,6-15H2,1-5H3. The van der Waals surface area contributed by atoms with Gasteiger partial charge in [-0.15, -0.1) is 11.8 Å². The number of hydrogen-bond acceptors (Lipinski definition) is 3. The Morgan fingerprint density at radius 1 is 0.909 bits per heavy atom. The van der Waals surface area contributed by atoms with Crippen LogP contribution in [-0.4, -0.2) is 53.7 Å². The van der Waals surface area contributed by atoms with Crippen molar-refractivity contribution in [3.8, 4) is 0 Å². The van der Waals surface area contributed by atoms with E-state index in [0.29, 0.717) is 5.41 Å². The molecule has 22 heavy (non-hydrogen) atoms. The second kappa shape index (κ2) is 8.39. The summed E-state index contributed by atoms with van der Waals surface area (Å²) < 4.78 is 0. The molecule has 0 aromatic carbocycles. The third-order valence-electron chi connectivity index (χ3n) is 5.63. The van der Waals surface area contributed by atoms with Crippen LogP contribution in [0.2, 0.25) is 0 Å². The van der Waals surface area contributed by atoms with Crippen LogP contribution in [0.5, 0.6) is 0 Å². The van der Waals surface area contributed by atoms with Crippen molar-refractivity contribution in [1.82, 2.24) is 9.80 Å². The molecule has 2 rings (SSSR count). The molecule has 0 spiro atoms. The minimum Gasteiger partial charge on any atom is -0.303 e. The van der Waals surface area contributed by atoms with E-state index < -0.39 is 0 Å². The first-order chi connectivity index (χ1) is 10.3. The predicted octanol–water partition coefficient (Wildman–Crippen LogP) is 4.56. The molecular weight excluding hydrogens is 288 g/mol. The van der Waals surface area contributed by atoms with Crippen molar-refractivity contribution < 1.29 is 0 Å². The zero-order chi connectivity index (χ0) is 16.2. The van der Waals surface area contributed by atoms with E-state index in [-0.39, 0.29) is 0 Å². The van der Waals surface area contributed by atoms with Crippen LogP contribution < -0.4 is 0 Å². The minimum atomic E-state index is 0.505. The molecule has 2 nitrogen and oxygen atoms in total. The second-order valence-electron chi connectivity index (χ2n) is 8.85. The zero-order valence-electron chi connectivity index (χ0n) is 15.6. The monoisotopic (exact) mass is 326 g/mol. The first-order valence-corrected chi connectivity index (χ1v) is 10.5. The molecule has 0 radical (unpaired) electrons. The zero-order valence-corrected chi connectivity index (χ0v) is 16.4. The van der Waals surface area contributed by atoms with Gasteiger partial charge in [0.1, 0.15) is 0 Å². The number of thioether (sulfide) groups is 1. The van der Waals surface area contributed by atoms with Crippen molar-refractivity contribution in [2.45, 2.75) is 65.6 Å². The summed E-state index contributed by atoms with van der Waals surface area (Å²) in [5, 5.41) is 0.766. The lowest BCUT2D eigenvalue weighted by Gasteiger charge is -2.41. The maximum Gasteiger partial charge on any atom is 0.0446 e. The molecule has 0 bridgehead atoms. The molecule has 2 fully saturated rings. The molecule has 2 aliphatic heterocycles. The lowest BCUT2D eigenvalue weighted by atomic mass is 9.75. The smallest absolute Gasteiger partial charge is 0.0446 e. The molecule has 2 saturated heterocycles. The van der Waals surface area contributed by atoms with Gasteiger partial charge in [0.25, 0.3) is 0 Å². The molecule has 130 valence electrons. The van der Waals surface area contributed by atoms with Crippen LogP contribution in [0.15, 0.2) is 0 Å². The van der Waals surface area contributed by atoms with Crippen LogP contribution in [0, 0.1) is 17.3 Å². The summed E-state index contributed by atoms with van der Waals surface area (Å²) in [5.74, 6) is 3.12. The van der Waals surface area contributed by atoms with E-state index in [2.05, 4.69) is 56.2 Å². The van der Waals surface area contributed by atoms with Crippen LogP contribution in [-0.2, 0) is 0 Å². The van der Waals surface area contributed by atoms with Gasteiger partial charge in [-0.1, -0.05) is 34.6 Å². The summed E-state index contributed by atoms with van der Waals surface area (Å²) in [6.07, 6.45) is 5.65. The average Bonchev–Trinajstić information content (AvgIpc) is 2.46. The highest BCUT2D eigenvalue weighted by Crippen LogP contribution is 2.34. The maximum atomic E-state index is 2.76. The van der Waals surface area contributed by atoms with E-state index in [9.17, 15) is 0 Å². The molecule has 0 aromatic rings. The van der Waals surface area contributed by atoms with E-state index in [1.165, 1.54) is 64.3 Å². The summed E-state index contributed by atoms with van der Waals surface area (Å²) >= 11 is 2.09. The third kappa shape index (κ3) is 6.05. The van der Waals surface area contributed by atoms with E-state index >= 15 is 0 Å². The van der Waals surface area contributed by atoms with Gasteiger partial charge in [-0.3, -0.25) is 4.90 Å². The van der Waals surface area contributed by atoms with Gasteiger partial charge in [0.2, 0.25) is 0 Å². The normalized spacial score (nSPS) is 24.3. The van der Waals surface area contributed by atoms with Crippen molar-refractivity contribution in [1.29, 1.82) is 0 Å². The van der Waals surface area contributed by atoms with Crippen molar-refractivity contribution in [3.05, 3.63) is 0 Å². The van der Waals surface area contributed by atoms with Crippen molar-refractivity contribution >= 4 is 11.8 Å². The number of rotatable bonds is 5.